The summed E-state index contributed by atoms with van der Waals surface area (Å²) < 4.78 is 0. The van der Waals surface area contributed by atoms with Crippen molar-refractivity contribution >= 4 is 22.5 Å². The predicted octanol–water partition coefficient (Wildman–Crippen LogP) is 1.35. The van der Waals surface area contributed by atoms with E-state index >= 15 is 0 Å². The molecule has 2 rings (SSSR count). The number of pyridine rings is 1. The Hall–Kier alpha value is -2.63. The summed E-state index contributed by atoms with van der Waals surface area (Å²) in [5.74, 6) is -0.450. The molecule has 1 aromatic heterocycles. The van der Waals surface area contributed by atoms with E-state index in [-0.39, 0.29) is 24.2 Å². The first-order chi connectivity index (χ1) is 9.63. The summed E-state index contributed by atoms with van der Waals surface area (Å²) >= 11 is 0. The summed E-state index contributed by atoms with van der Waals surface area (Å²) in [6.07, 6.45) is 1.60. The van der Waals surface area contributed by atoms with E-state index < -0.39 is 0 Å². The van der Waals surface area contributed by atoms with E-state index in [4.69, 9.17) is 10.9 Å². The first-order valence-electron chi connectivity index (χ1n) is 6.23. The molecule has 1 amide bonds. The van der Waals surface area contributed by atoms with Crippen LogP contribution in [0, 0.1) is 5.92 Å². The number of carbonyl (C=O) groups excluding carboxylic acids is 1. The molecule has 0 saturated heterocycles. The van der Waals surface area contributed by atoms with Gasteiger partial charge in [-0.1, -0.05) is 36.3 Å². The molecule has 4 N–H and O–H groups in total. The van der Waals surface area contributed by atoms with Crippen molar-refractivity contribution in [2.45, 2.75) is 6.92 Å². The van der Waals surface area contributed by atoms with E-state index in [1.54, 1.807) is 13.1 Å². The van der Waals surface area contributed by atoms with Gasteiger partial charge in [0.25, 0.3) is 5.91 Å². The summed E-state index contributed by atoms with van der Waals surface area (Å²) in [5.41, 5.74) is 5.84. The molecule has 0 radical (unpaired) electrons. The molecule has 20 heavy (non-hydrogen) atoms. The number of nitrogens with zero attached hydrogens (tertiary/aromatic N) is 2. The highest BCUT2D eigenvalue weighted by molar-refractivity contribution is 6.05. The van der Waals surface area contributed by atoms with Gasteiger partial charge in [-0.05, 0) is 11.5 Å². The average molecular weight is 272 g/mol. The number of fused-ring (bicyclic) bond motifs is 1. The van der Waals surface area contributed by atoms with Gasteiger partial charge in [-0.15, -0.1) is 0 Å². The number of oxime groups is 1. The van der Waals surface area contributed by atoms with Crippen LogP contribution in [0.4, 0.5) is 0 Å². The lowest BCUT2D eigenvalue weighted by molar-refractivity contribution is 0.0948. The Bertz CT molecular complexity index is 649. The van der Waals surface area contributed by atoms with Crippen molar-refractivity contribution in [3.63, 3.8) is 0 Å². The molecule has 104 valence electrons. The molecule has 1 unspecified atom stereocenters. The Morgan fingerprint density at radius 2 is 2.20 bits per heavy atom. The molecule has 0 aliphatic carbocycles. The second-order valence-corrected chi connectivity index (χ2v) is 4.52. The lowest BCUT2D eigenvalue weighted by Gasteiger charge is -2.11. The Labute approximate surface area is 116 Å². The zero-order valence-corrected chi connectivity index (χ0v) is 11.1. The number of nitrogens with one attached hydrogen (secondary N) is 1. The smallest absolute Gasteiger partial charge is 0.270 e. The Morgan fingerprint density at radius 1 is 1.45 bits per heavy atom. The van der Waals surface area contributed by atoms with Crippen LogP contribution in [0.25, 0.3) is 10.8 Å². The fourth-order valence-corrected chi connectivity index (χ4v) is 1.83. The highest BCUT2D eigenvalue weighted by Gasteiger charge is 2.14. The van der Waals surface area contributed by atoms with Gasteiger partial charge in [-0.3, -0.25) is 9.78 Å². The van der Waals surface area contributed by atoms with E-state index in [1.807, 2.05) is 30.3 Å². The van der Waals surface area contributed by atoms with Gasteiger partial charge in [-0.25, -0.2) is 0 Å². The van der Waals surface area contributed by atoms with Gasteiger partial charge in [-0.2, -0.15) is 0 Å². The normalized spacial score (nSPS) is 13.2. The van der Waals surface area contributed by atoms with Gasteiger partial charge in [0.15, 0.2) is 0 Å². The number of aromatic nitrogens is 1. The van der Waals surface area contributed by atoms with Gasteiger partial charge in [0.05, 0.1) is 0 Å². The SMILES string of the molecule is CC(CNC(=O)c1nccc2ccccc12)C(N)=NO. The van der Waals surface area contributed by atoms with E-state index in [0.717, 1.165) is 10.8 Å². The van der Waals surface area contributed by atoms with Crippen molar-refractivity contribution in [3.05, 3.63) is 42.2 Å². The van der Waals surface area contributed by atoms with Gasteiger partial charge in [0, 0.05) is 24.0 Å². The number of rotatable bonds is 4. The summed E-state index contributed by atoms with van der Waals surface area (Å²) in [7, 11) is 0. The minimum absolute atomic E-state index is 0.0798. The molecule has 1 aromatic carbocycles. The molecule has 1 heterocycles. The number of amidine groups is 1. The van der Waals surface area contributed by atoms with Crippen LogP contribution in [0.15, 0.2) is 41.7 Å². The average Bonchev–Trinajstić information content (AvgIpc) is 2.50. The van der Waals surface area contributed by atoms with Crippen LogP contribution in [0.1, 0.15) is 17.4 Å². The second kappa shape index (κ2) is 6.01. The van der Waals surface area contributed by atoms with Crippen molar-refractivity contribution in [1.82, 2.24) is 10.3 Å². The summed E-state index contributed by atoms with van der Waals surface area (Å²) in [6.45, 7) is 2.03. The standard InChI is InChI=1S/C14H16N4O2/c1-9(13(15)18-20)8-17-14(19)12-11-5-3-2-4-10(11)6-7-16-12/h2-7,9,20H,8H2,1H3,(H2,15,18)(H,17,19). The van der Waals surface area contributed by atoms with Crippen molar-refractivity contribution in [3.8, 4) is 0 Å². The second-order valence-electron chi connectivity index (χ2n) is 4.52. The molecule has 0 aliphatic rings. The Kier molecular flexibility index (Phi) is 4.14. The number of carbonyl (C=O) groups is 1. The van der Waals surface area contributed by atoms with Crippen LogP contribution in [0.3, 0.4) is 0 Å². The molecule has 1 atom stereocenters. The third-order valence-electron chi connectivity index (χ3n) is 3.08. The van der Waals surface area contributed by atoms with E-state index in [1.165, 1.54) is 0 Å². The highest BCUT2D eigenvalue weighted by atomic mass is 16.4. The number of hydrogen-bond acceptors (Lipinski definition) is 4. The maximum atomic E-state index is 12.2. The largest absolute Gasteiger partial charge is 0.409 e. The quantitative estimate of drug-likeness (QED) is 0.338. The van der Waals surface area contributed by atoms with E-state index in [2.05, 4.69) is 15.5 Å². The molecular formula is C14H16N4O2. The zero-order chi connectivity index (χ0) is 14.5. The fraction of sp³-hybridized carbons (Fsp3) is 0.214. The molecule has 0 bridgehead atoms. The van der Waals surface area contributed by atoms with Crippen molar-refractivity contribution in [2.75, 3.05) is 6.54 Å². The van der Waals surface area contributed by atoms with Gasteiger partial charge < -0.3 is 16.3 Å². The van der Waals surface area contributed by atoms with Crippen LogP contribution in [0.5, 0.6) is 0 Å². The highest BCUT2D eigenvalue weighted by Crippen LogP contribution is 2.16. The van der Waals surface area contributed by atoms with Gasteiger partial charge >= 0.3 is 0 Å². The molecular weight excluding hydrogens is 256 g/mol. The molecule has 0 saturated carbocycles. The third kappa shape index (κ3) is 2.85. The van der Waals surface area contributed by atoms with Gasteiger partial charge in [0.1, 0.15) is 11.5 Å². The zero-order valence-electron chi connectivity index (χ0n) is 11.1. The maximum Gasteiger partial charge on any atom is 0.270 e. The lowest BCUT2D eigenvalue weighted by atomic mass is 10.1. The Morgan fingerprint density at radius 3 is 2.95 bits per heavy atom. The van der Waals surface area contributed by atoms with Crippen molar-refractivity contribution in [2.24, 2.45) is 16.8 Å². The van der Waals surface area contributed by atoms with E-state index in [9.17, 15) is 4.79 Å². The summed E-state index contributed by atoms with van der Waals surface area (Å²) in [5, 5.41) is 16.0. The van der Waals surface area contributed by atoms with E-state index in [0.29, 0.717) is 5.69 Å². The maximum absolute atomic E-state index is 12.2. The molecule has 2 aromatic rings. The number of nitrogens with two attached hydrogens (primary N) is 1. The van der Waals surface area contributed by atoms with Crippen molar-refractivity contribution in [1.29, 1.82) is 0 Å². The number of amides is 1. The monoisotopic (exact) mass is 272 g/mol. The summed E-state index contributed by atoms with van der Waals surface area (Å²) in [4.78, 5) is 16.3. The molecule has 0 fully saturated rings. The fourth-order valence-electron chi connectivity index (χ4n) is 1.83. The van der Waals surface area contributed by atoms with Crippen LogP contribution in [-0.4, -0.2) is 28.5 Å². The van der Waals surface area contributed by atoms with Gasteiger partial charge in [0.2, 0.25) is 0 Å². The van der Waals surface area contributed by atoms with Crippen LogP contribution in [-0.2, 0) is 0 Å². The molecule has 6 heteroatoms. The third-order valence-corrected chi connectivity index (χ3v) is 3.08. The summed E-state index contributed by atoms with van der Waals surface area (Å²) in [6, 6.07) is 9.40. The number of hydrogen-bond donors (Lipinski definition) is 3. The van der Waals surface area contributed by atoms with Crippen LogP contribution < -0.4 is 11.1 Å². The first-order valence-corrected chi connectivity index (χ1v) is 6.23. The predicted molar refractivity (Wildman–Crippen MR) is 76.6 cm³/mol. The van der Waals surface area contributed by atoms with Crippen LogP contribution in [0.2, 0.25) is 0 Å². The molecule has 6 nitrogen and oxygen atoms in total. The molecule has 0 spiro atoms. The van der Waals surface area contributed by atoms with Crippen LogP contribution >= 0.6 is 0 Å². The Balaban J connectivity index is 2.16. The minimum atomic E-state index is -0.278. The number of benzene rings is 1. The topological polar surface area (TPSA) is 101 Å². The first kappa shape index (κ1) is 13.8. The minimum Gasteiger partial charge on any atom is -0.409 e. The lowest BCUT2D eigenvalue weighted by Crippen LogP contribution is -2.35. The molecule has 0 aliphatic heterocycles. The van der Waals surface area contributed by atoms with Crippen molar-refractivity contribution < 1.29 is 10.0 Å².